The van der Waals surface area contributed by atoms with Gasteiger partial charge in [-0.25, -0.2) is 0 Å². The minimum absolute atomic E-state index is 0.553. The van der Waals surface area contributed by atoms with Crippen LogP contribution in [0.4, 0.5) is 32.0 Å². The van der Waals surface area contributed by atoms with E-state index < -0.39 is 54.5 Å². The molecule has 1 aromatic rings. The number of rotatable bonds is 3. The summed E-state index contributed by atoms with van der Waals surface area (Å²) in [5.74, 6) is -4.71. The van der Waals surface area contributed by atoms with Crippen molar-refractivity contribution in [1.82, 2.24) is 0 Å². The van der Waals surface area contributed by atoms with Crippen molar-refractivity contribution >= 4 is 5.69 Å². The summed E-state index contributed by atoms with van der Waals surface area (Å²) in [5.41, 5.74) is -0.553. The van der Waals surface area contributed by atoms with Gasteiger partial charge in [0.1, 0.15) is 0 Å². The fraction of sp³-hybridized carbons (Fsp3) is 0. The topological polar surface area (TPSA) is 12.0 Å². The second-order valence-electron chi connectivity index (χ2n) is 2.43. The summed E-state index contributed by atoms with van der Waals surface area (Å²) in [6.07, 6.45) is -2.51. The molecule has 0 saturated heterocycles. The van der Waals surface area contributed by atoms with Gasteiger partial charge in [-0.3, -0.25) is 0 Å². The zero-order chi connectivity index (χ0) is 12.3. The number of anilines is 1. The van der Waals surface area contributed by atoms with Crippen LogP contribution in [0.15, 0.2) is 22.0 Å². The SMILES string of the molecule is FC(F)=C(F)[I-]Nc1ccc(F)c(F)c1F. The average molecular weight is 354 g/mol. The van der Waals surface area contributed by atoms with E-state index in [1.807, 2.05) is 3.53 Å². The predicted molar refractivity (Wildman–Crippen MR) is 40.3 cm³/mol. The van der Waals surface area contributed by atoms with Crippen molar-refractivity contribution in [2.45, 2.75) is 0 Å². The minimum atomic E-state index is -2.51. The Balaban J connectivity index is 2.84. The number of halogens is 7. The molecule has 0 heterocycles. The molecule has 90 valence electrons. The van der Waals surface area contributed by atoms with Crippen LogP contribution in [0.25, 0.3) is 0 Å². The van der Waals surface area contributed by atoms with Gasteiger partial charge in [0.05, 0.1) is 0 Å². The first-order valence-corrected chi connectivity index (χ1v) is 5.83. The van der Waals surface area contributed by atoms with Crippen molar-refractivity contribution in [3.8, 4) is 0 Å². The molecule has 0 bridgehead atoms. The first-order valence-electron chi connectivity index (χ1n) is 3.67. The zero-order valence-corrected chi connectivity index (χ0v) is 9.46. The van der Waals surface area contributed by atoms with Gasteiger partial charge >= 0.3 is 96.5 Å². The van der Waals surface area contributed by atoms with Gasteiger partial charge in [0.25, 0.3) is 0 Å². The molecule has 0 atom stereocenters. The van der Waals surface area contributed by atoms with Crippen molar-refractivity contribution in [2.75, 3.05) is 3.53 Å². The van der Waals surface area contributed by atoms with Crippen molar-refractivity contribution in [3.63, 3.8) is 0 Å². The molecule has 0 radical (unpaired) electrons. The van der Waals surface area contributed by atoms with Crippen LogP contribution in [0.2, 0.25) is 0 Å². The Morgan fingerprint density at radius 1 is 1.00 bits per heavy atom. The first-order chi connectivity index (χ1) is 7.43. The molecule has 8 heteroatoms. The van der Waals surface area contributed by atoms with E-state index in [4.69, 9.17) is 0 Å². The summed E-state index contributed by atoms with van der Waals surface area (Å²) in [6.45, 7) is 0. The molecule has 0 aliphatic heterocycles. The van der Waals surface area contributed by atoms with Crippen LogP contribution in [-0.2, 0) is 0 Å². The Kier molecular flexibility index (Phi) is 4.44. The summed E-state index contributed by atoms with van der Waals surface area (Å²) in [7, 11) is 0. The molecule has 0 unspecified atom stereocenters. The van der Waals surface area contributed by atoms with Gasteiger partial charge in [0.15, 0.2) is 0 Å². The average Bonchev–Trinajstić information content (AvgIpc) is 2.24. The Morgan fingerprint density at radius 3 is 2.19 bits per heavy atom. The monoisotopic (exact) mass is 354 g/mol. The van der Waals surface area contributed by atoms with E-state index in [9.17, 15) is 26.3 Å². The van der Waals surface area contributed by atoms with Crippen molar-refractivity contribution < 1.29 is 47.8 Å². The quantitative estimate of drug-likeness (QED) is 0.362. The van der Waals surface area contributed by atoms with E-state index in [0.717, 1.165) is 6.07 Å². The van der Waals surface area contributed by atoms with Gasteiger partial charge in [0, 0.05) is 0 Å². The summed E-state index contributed by atoms with van der Waals surface area (Å²) >= 11 is -2.01. The predicted octanol–water partition coefficient (Wildman–Crippen LogP) is 0.555. The summed E-state index contributed by atoms with van der Waals surface area (Å²) in [6, 6.07) is 1.41. The van der Waals surface area contributed by atoms with Gasteiger partial charge in [-0.1, -0.05) is 0 Å². The molecule has 0 aliphatic carbocycles. The van der Waals surface area contributed by atoms with E-state index in [1.54, 1.807) is 0 Å². The molecule has 1 aromatic carbocycles. The third kappa shape index (κ3) is 3.03. The fourth-order valence-corrected chi connectivity index (χ4v) is 1.87. The van der Waals surface area contributed by atoms with Gasteiger partial charge in [-0.05, 0) is 0 Å². The molecular weight excluding hydrogens is 351 g/mol. The van der Waals surface area contributed by atoms with Gasteiger partial charge in [-0.2, -0.15) is 0 Å². The Hall–Kier alpha value is -0.930. The van der Waals surface area contributed by atoms with Crippen molar-refractivity contribution in [3.05, 3.63) is 39.5 Å². The summed E-state index contributed by atoms with van der Waals surface area (Å²) < 4.78 is 73.9. The normalized spacial score (nSPS) is 10.4. The Morgan fingerprint density at radius 2 is 1.62 bits per heavy atom. The standard InChI is InChI=1S/C8H3F6IN/c9-3-1-2-4(6(11)5(3)10)16-15-8(14)7(12)13/h1-2,16H/q-1. The maximum atomic E-state index is 12.9. The van der Waals surface area contributed by atoms with Gasteiger partial charge in [-0.15, -0.1) is 0 Å². The van der Waals surface area contributed by atoms with Gasteiger partial charge < -0.3 is 0 Å². The molecule has 0 aromatic heterocycles. The van der Waals surface area contributed by atoms with E-state index in [1.165, 1.54) is 0 Å². The van der Waals surface area contributed by atoms with E-state index in [0.29, 0.717) is 6.07 Å². The molecule has 16 heavy (non-hydrogen) atoms. The van der Waals surface area contributed by atoms with Crippen LogP contribution in [0, 0.1) is 17.5 Å². The van der Waals surface area contributed by atoms with Crippen LogP contribution in [0.3, 0.4) is 0 Å². The second kappa shape index (κ2) is 5.41. The molecule has 0 fully saturated rings. The second-order valence-corrected chi connectivity index (χ2v) is 4.46. The number of hydrogen-bond acceptors (Lipinski definition) is 1. The van der Waals surface area contributed by atoms with Gasteiger partial charge in [0.2, 0.25) is 0 Å². The Bertz CT molecular complexity index is 429. The molecule has 1 N–H and O–H groups in total. The molecule has 0 amide bonds. The molecule has 0 spiro atoms. The maximum absolute atomic E-state index is 12.9. The third-order valence-corrected chi connectivity index (χ3v) is 3.14. The fourth-order valence-electron chi connectivity index (χ4n) is 0.727. The van der Waals surface area contributed by atoms with Crippen LogP contribution in [-0.4, -0.2) is 0 Å². The van der Waals surface area contributed by atoms with Crippen LogP contribution < -0.4 is 25.0 Å². The van der Waals surface area contributed by atoms with E-state index in [-0.39, 0.29) is 0 Å². The van der Waals surface area contributed by atoms with E-state index >= 15 is 0 Å². The summed E-state index contributed by atoms with van der Waals surface area (Å²) in [5, 5.41) is 0. The number of nitrogens with one attached hydrogen (secondary N) is 1. The zero-order valence-electron chi connectivity index (χ0n) is 7.30. The summed E-state index contributed by atoms with van der Waals surface area (Å²) in [4.78, 5) is 0. The van der Waals surface area contributed by atoms with Crippen molar-refractivity contribution in [2.24, 2.45) is 0 Å². The molecule has 1 nitrogen and oxygen atoms in total. The molecular formula is C8H3F6IN-. The number of benzene rings is 1. The third-order valence-electron chi connectivity index (χ3n) is 1.41. The first kappa shape index (κ1) is 13.1. The molecule has 0 saturated carbocycles. The van der Waals surface area contributed by atoms with Crippen LogP contribution in [0.1, 0.15) is 0 Å². The van der Waals surface area contributed by atoms with E-state index in [2.05, 4.69) is 0 Å². The van der Waals surface area contributed by atoms with Crippen LogP contribution in [0.5, 0.6) is 0 Å². The molecule has 0 aliphatic rings. The molecule has 1 rings (SSSR count). The van der Waals surface area contributed by atoms with Crippen LogP contribution >= 0.6 is 0 Å². The number of hydrogen-bond donors (Lipinski definition) is 1. The Labute approximate surface area is 96.8 Å². The van der Waals surface area contributed by atoms with Crippen molar-refractivity contribution in [1.29, 1.82) is 0 Å².